The van der Waals surface area contributed by atoms with Gasteiger partial charge in [-0.1, -0.05) is 185 Å². The molecule has 4 nitrogen and oxygen atoms in total. The Morgan fingerprint density at radius 3 is 1.29 bits per heavy atom. The van der Waals surface area contributed by atoms with Crippen molar-refractivity contribution in [2.24, 2.45) is 0 Å². The van der Waals surface area contributed by atoms with E-state index in [-0.39, 0.29) is 12.5 Å². The van der Waals surface area contributed by atoms with Gasteiger partial charge in [0.15, 0.2) is 0 Å². The van der Waals surface area contributed by atoms with Crippen LogP contribution < -0.4 is 5.32 Å². The van der Waals surface area contributed by atoms with Gasteiger partial charge in [0.25, 0.3) is 0 Å². The number of carbonyl (C=O) groups is 1. The van der Waals surface area contributed by atoms with Gasteiger partial charge in [-0.25, -0.2) is 0 Å². The first kappa shape index (κ1) is 43.6. The van der Waals surface area contributed by atoms with Gasteiger partial charge in [-0.05, 0) is 44.9 Å². The van der Waals surface area contributed by atoms with Crippen LogP contribution in [-0.2, 0) is 4.79 Å². The second-order valence-electron chi connectivity index (χ2n) is 13.3. The predicted molar refractivity (Wildman–Crippen MR) is 198 cm³/mol. The first-order chi connectivity index (χ1) is 22.2. The standard InChI is InChI=1S/C41H77NO3/c1-3-5-7-9-11-13-15-17-19-20-21-23-25-27-29-31-33-35-37-41(45)42-39(38-43)40(44)36-34-32-30-28-26-24-22-18-16-14-12-10-8-6-4-2/h16,18,26,28,34,36,39-40,43-44H,3-15,17,19-25,27,29-33,35,37-38H2,1-2H3,(H,42,45)/b18-16+,28-26+,36-34+. The van der Waals surface area contributed by atoms with Crippen LogP contribution in [0, 0.1) is 0 Å². The van der Waals surface area contributed by atoms with E-state index < -0.39 is 12.1 Å². The van der Waals surface area contributed by atoms with Crippen LogP contribution in [0.1, 0.15) is 200 Å². The minimum Gasteiger partial charge on any atom is -0.394 e. The number of carbonyl (C=O) groups excluding carboxylic acids is 1. The molecule has 0 aromatic rings. The maximum Gasteiger partial charge on any atom is 0.220 e. The molecule has 0 aromatic heterocycles. The largest absolute Gasteiger partial charge is 0.394 e. The smallest absolute Gasteiger partial charge is 0.220 e. The van der Waals surface area contributed by atoms with E-state index >= 15 is 0 Å². The van der Waals surface area contributed by atoms with Crippen molar-refractivity contribution in [2.45, 2.75) is 212 Å². The highest BCUT2D eigenvalue weighted by atomic mass is 16.3. The molecule has 0 aromatic carbocycles. The van der Waals surface area contributed by atoms with Crippen molar-refractivity contribution in [3.05, 3.63) is 36.5 Å². The molecule has 264 valence electrons. The lowest BCUT2D eigenvalue weighted by Crippen LogP contribution is -2.45. The van der Waals surface area contributed by atoms with Gasteiger partial charge in [0.1, 0.15) is 0 Å². The molecule has 2 unspecified atom stereocenters. The Kier molecular flexibility index (Phi) is 35.9. The monoisotopic (exact) mass is 632 g/mol. The lowest BCUT2D eigenvalue weighted by Gasteiger charge is -2.19. The Hall–Kier alpha value is -1.39. The van der Waals surface area contributed by atoms with Crippen molar-refractivity contribution in [2.75, 3.05) is 6.61 Å². The molecule has 0 aliphatic heterocycles. The molecule has 0 fully saturated rings. The first-order valence-electron chi connectivity index (χ1n) is 19.7. The summed E-state index contributed by atoms with van der Waals surface area (Å²) < 4.78 is 0. The number of allylic oxidation sites excluding steroid dienone is 5. The van der Waals surface area contributed by atoms with Gasteiger partial charge >= 0.3 is 0 Å². The van der Waals surface area contributed by atoms with Gasteiger partial charge in [0, 0.05) is 6.42 Å². The minimum atomic E-state index is -0.865. The zero-order chi connectivity index (χ0) is 32.9. The van der Waals surface area contributed by atoms with Crippen LogP contribution >= 0.6 is 0 Å². The van der Waals surface area contributed by atoms with E-state index in [0.717, 1.165) is 38.5 Å². The lowest BCUT2D eigenvalue weighted by molar-refractivity contribution is -0.123. The molecule has 0 spiro atoms. The number of hydrogen-bond acceptors (Lipinski definition) is 3. The number of nitrogens with one attached hydrogen (secondary N) is 1. The highest BCUT2D eigenvalue weighted by Crippen LogP contribution is 2.15. The van der Waals surface area contributed by atoms with Gasteiger partial charge < -0.3 is 15.5 Å². The highest BCUT2D eigenvalue weighted by molar-refractivity contribution is 5.76. The molecule has 1 amide bonds. The molecular formula is C41H77NO3. The van der Waals surface area contributed by atoms with Crippen LogP contribution in [0.25, 0.3) is 0 Å². The van der Waals surface area contributed by atoms with E-state index in [2.05, 4.69) is 43.5 Å². The fourth-order valence-electron chi connectivity index (χ4n) is 5.80. The zero-order valence-electron chi connectivity index (χ0n) is 30.1. The van der Waals surface area contributed by atoms with Crippen molar-refractivity contribution in [1.82, 2.24) is 5.32 Å². The Morgan fingerprint density at radius 2 is 0.867 bits per heavy atom. The highest BCUT2D eigenvalue weighted by Gasteiger charge is 2.17. The molecule has 3 N–H and O–H groups in total. The maximum absolute atomic E-state index is 12.3. The molecule has 4 heteroatoms. The number of aliphatic hydroxyl groups excluding tert-OH is 2. The van der Waals surface area contributed by atoms with E-state index in [9.17, 15) is 15.0 Å². The number of hydrogen-bond donors (Lipinski definition) is 3. The second kappa shape index (κ2) is 37.1. The molecule has 0 saturated heterocycles. The van der Waals surface area contributed by atoms with Crippen LogP contribution in [0.4, 0.5) is 0 Å². The third-order valence-electron chi connectivity index (χ3n) is 8.85. The topological polar surface area (TPSA) is 69.6 Å². The summed E-state index contributed by atoms with van der Waals surface area (Å²) in [6, 6.07) is -0.640. The Balaban J connectivity index is 3.64. The quantitative estimate of drug-likeness (QED) is 0.0481. The fraction of sp³-hybridized carbons (Fsp3) is 0.829. The molecular weight excluding hydrogens is 554 g/mol. The van der Waals surface area contributed by atoms with E-state index in [1.807, 2.05) is 6.08 Å². The summed E-state index contributed by atoms with van der Waals surface area (Å²) in [5.74, 6) is -0.0773. The molecule has 0 rings (SSSR count). The molecule has 0 bridgehead atoms. The number of rotatable bonds is 35. The van der Waals surface area contributed by atoms with Crippen LogP contribution in [0.2, 0.25) is 0 Å². The molecule has 0 radical (unpaired) electrons. The summed E-state index contributed by atoms with van der Waals surface area (Å²) in [6.45, 7) is 4.28. The Labute approximate surface area is 281 Å². The summed E-state index contributed by atoms with van der Waals surface area (Å²) >= 11 is 0. The van der Waals surface area contributed by atoms with Crippen LogP contribution in [0.3, 0.4) is 0 Å². The van der Waals surface area contributed by atoms with Gasteiger partial charge in [0.2, 0.25) is 5.91 Å². The van der Waals surface area contributed by atoms with Crippen molar-refractivity contribution in [3.8, 4) is 0 Å². The molecule has 0 aliphatic rings. The fourth-order valence-corrected chi connectivity index (χ4v) is 5.80. The van der Waals surface area contributed by atoms with Gasteiger partial charge in [0.05, 0.1) is 18.8 Å². The predicted octanol–water partition coefficient (Wildman–Crippen LogP) is 11.8. The van der Waals surface area contributed by atoms with Gasteiger partial charge in [-0.15, -0.1) is 0 Å². The Morgan fingerprint density at radius 1 is 0.511 bits per heavy atom. The average molecular weight is 632 g/mol. The molecule has 2 atom stereocenters. The van der Waals surface area contributed by atoms with E-state index in [1.54, 1.807) is 6.08 Å². The SMILES string of the molecule is CCCCCCC/C=C/CC/C=C/CC/C=C/C(O)C(CO)NC(=O)CCCCCCCCCCCCCCCCCCCC. The average Bonchev–Trinajstić information content (AvgIpc) is 3.04. The Bertz CT molecular complexity index is 686. The number of amides is 1. The van der Waals surface area contributed by atoms with E-state index in [0.29, 0.717) is 6.42 Å². The zero-order valence-corrected chi connectivity index (χ0v) is 30.1. The molecule has 0 heterocycles. The van der Waals surface area contributed by atoms with Crippen molar-refractivity contribution < 1.29 is 15.0 Å². The van der Waals surface area contributed by atoms with Gasteiger partial charge in [-0.3, -0.25) is 4.79 Å². The van der Waals surface area contributed by atoms with Crippen LogP contribution in [0.15, 0.2) is 36.5 Å². The summed E-state index contributed by atoms with van der Waals surface area (Å²) in [7, 11) is 0. The van der Waals surface area contributed by atoms with Crippen LogP contribution in [-0.4, -0.2) is 34.9 Å². The third kappa shape index (κ3) is 33.8. The lowest BCUT2D eigenvalue weighted by atomic mass is 10.0. The molecule has 45 heavy (non-hydrogen) atoms. The minimum absolute atomic E-state index is 0.0773. The first-order valence-corrected chi connectivity index (χ1v) is 19.7. The summed E-state index contributed by atoms with van der Waals surface area (Å²) in [4.78, 5) is 12.3. The van der Waals surface area contributed by atoms with Crippen molar-refractivity contribution in [1.29, 1.82) is 0 Å². The normalized spacial score (nSPS) is 13.4. The van der Waals surface area contributed by atoms with Crippen molar-refractivity contribution >= 4 is 5.91 Å². The van der Waals surface area contributed by atoms with Crippen molar-refractivity contribution in [3.63, 3.8) is 0 Å². The number of unbranched alkanes of at least 4 members (excludes halogenated alkanes) is 24. The summed E-state index contributed by atoms with van der Waals surface area (Å²) in [5.41, 5.74) is 0. The summed E-state index contributed by atoms with van der Waals surface area (Å²) in [6.07, 6.45) is 48.1. The van der Waals surface area contributed by atoms with Crippen LogP contribution in [0.5, 0.6) is 0 Å². The second-order valence-corrected chi connectivity index (χ2v) is 13.3. The molecule has 0 aliphatic carbocycles. The molecule has 0 saturated carbocycles. The third-order valence-corrected chi connectivity index (χ3v) is 8.85. The van der Waals surface area contributed by atoms with E-state index in [4.69, 9.17) is 0 Å². The summed E-state index contributed by atoms with van der Waals surface area (Å²) in [5, 5.41) is 22.9. The van der Waals surface area contributed by atoms with E-state index in [1.165, 1.54) is 141 Å². The van der Waals surface area contributed by atoms with Gasteiger partial charge in [-0.2, -0.15) is 0 Å². The number of aliphatic hydroxyl groups is 2. The maximum atomic E-state index is 12.3.